The summed E-state index contributed by atoms with van der Waals surface area (Å²) >= 11 is 0. The Kier molecular flexibility index (Phi) is 8.87. The van der Waals surface area contributed by atoms with Gasteiger partial charge in [0.15, 0.2) is 6.54 Å². The Balaban J connectivity index is 1.64. The number of benzene rings is 3. The monoisotopic (exact) mass is 565 g/mol. The Hall–Kier alpha value is -4.51. The molecule has 214 valence electrons. The molecule has 0 aliphatic rings. The molecule has 1 heterocycles. The highest BCUT2D eigenvalue weighted by Gasteiger charge is 2.31. The van der Waals surface area contributed by atoms with Gasteiger partial charge in [-0.1, -0.05) is 12.1 Å². The van der Waals surface area contributed by atoms with Crippen LogP contribution in [-0.2, 0) is 11.0 Å². The molecular weight excluding hydrogens is 533 g/mol. The van der Waals surface area contributed by atoms with Crippen molar-refractivity contribution >= 4 is 40.0 Å². The Morgan fingerprint density at radius 1 is 0.927 bits per heavy atom. The van der Waals surface area contributed by atoms with Gasteiger partial charge in [0, 0.05) is 24.2 Å². The largest absolute Gasteiger partial charge is 0.416 e. The average Bonchev–Trinajstić information content (AvgIpc) is 2.95. The summed E-state index contributed by atoms with van der Waals surface area (Å²) in [7, 11) is 1.74. The third kappa shape index (κ3) is 6.98. The topological polar surface area (TPSA) is 100 Å². The molecule has 0 spiro atoms. The van der Waals surface area contributed by atoms with E-state index in [1.54, 1.807) is 31.4 Å². The molecule has 0 unspecified atom stereocenters. The van der Waals surface area contributed by atoms with Gasteiger partial charge in [-0.2, -0.15) is 13.2 Å². The van der Waals surface area contributed by atoms with Crippen molar-refractivity contribution in [1.82, 2.24) is 9.97 Å². The van der Waals surface area contributed by atoms with Gasteiger partial charge < -0.3 is 20.9 Å². The predicted molar refractivity (Wildman–Crippen MR) is 154 cm³/mol. The molecule has 0 radical (unpaired) electrons. The van der Waals surface area contributed by atoms with E-state index in [0.717, 1.165) is 63.8 Å². The van der Waals surface area contributed by atoms with E-state index < -0.39 is 17.6 Å². The molecule has 0 aliphatic carbocycles. The number of hydrogen-bond donors (Lipinski definition) is 4. The lowest BCUT2D eigenvalue weighted by molar-refractivity contribution is -0.888. The number of rotatable bonds is 9. The summed E-state index contributed by atoms with van der Waals surface area (Å²) in [4.78, 5) is 35.6. The van der Waals surface area contributed by atoms with E-state index in [0.29, 0.717) is 5.95 Å². The number of fused-ring (bicyclic) bond motifs is 1. The number of amides is 2. The predicted octanol–water partition coefficient (Wildman–Crippen LogP) is 4.78. The van der Waals surface area contributed by atoms with Crippen molar-refractivity contribution in [3.63, 3.8) is 0 Å². The third-order valence-electron chi connectivity index (χ3n) is 6.89. The molecule has 3 aromatic carbocycles. The first kappa shape index (κ1) is 29.5. The number of quaternary nitrogens is 1. The molecule has 41 heavy (non-hydrogen) atoms. The number of aryl methyl sites for hydroxylation is 1. The van der Waals surface area contributed by atoms with Crippen molar-refractivity contribution in [2.75, 3.05) is 42.6 Å². The zero-order valence-corrected chi connectivity index (χ0v) is 23.2. The molecule has 0 bridgehead atoms. The van der Waals surface area contributed by atoms with Crippen molar-refractivity contribution in [3.05, 3.63) is 77.5 Å². The van der Waals surface area contributed by atoms with Crippen LogP contribution < -0.4 is 20.9 Å². The molecule has 0 aliphatic heterocycles. The van der Waals surface area contributed by atoms with Gasteiger partial charge in [0.25, 0.3) is 11.8 Å². The van der Waals surface area contributed by atoms with E-state index in [1.807, 2.05) is 39.0 Å². The fraction of sp³-hybridized carbons (Fsp3) is 0.267. The number of carbonyl (C=O) groups is 2. The smallest absolute Gasteiger partial charge is 0.357 e. The van der Waals surface area contributed by atoms with Crippen LogP contribution in [0, 0.1) is 6.92 Å². The molecule has 8 nitrogen and oxygen atoms in total. The second-order valence-electron chi connectivity index (χ2n) is 9.64. The number of halogens is 3. The first-order valence-electron chi connectivity index (χ1n) is 13.2. The maximum atomic E-state index is 13.5. The highest BCUT2D eigenvalue weighted by atomic mass is 19.4. The number of carbonyl (C=O) groups excluding carboxylic acids is 2. The lowest BCUT2D eigenvalue weighted by Crippen LogP contribution is -3.12. The van der Waals surface area contributed by atoms with Crippen molar-refractivity contribution < 1.29 is 27.7 Å². The summed E-state index contributed by atoms with van der Waals surface area (Å²) in [6.45, 7) is 7.37. The van der Waals surface area contributed by atoms with Gasteiger partial charge in [0.05, 0.1) is 35.5 Å². The Labute approximate surface area is 236 Å². The van der Waals surface area contributed by atoms with Crippen LogP contribution in [0.5, 0.6) is 0 Å². The zero-order valence-electron chi connectivity index (χ0n) is 23.2. The maximum Gasteiger partial charge on any atom is 0.416 e. The second-order valence-corrected chi connectivity index (χ2v) is 9.64. The van der Waals surface area contributed by atoms with Crippen LogP contribution in [0.2, 0.25) is 0 Å². The molecule has 2 amide bonds. The van der Waals surface area contributed by atoms with E-state index in [2.05, 4.69) is 25.9 Å². The van der Waals surface area contributed by atoms with Crippen molar-refractivity contribution in [2.24, 2.45) is 0 Å². The normalized spacial score (nSPS) is 11.5. The van der Waals surface area contributed by atoms with E-state index >= 15 is 0 Å². The number of anilines is 3. The van der Waals surface area contributed by atoms with Crippen LogP contribution >= 0.6 is 0 Å². The van der Waals surface area contributed by atoms with E-state index in [-0.39, 0.29) is 29.4 Å². The minimum absolute atomic E-state index is 0.0886. The Bertz CT molecular complexity index is 1580. The van der Waals surface area contributed by atoms with Crippen molar-refractivity contribution in [1.29, 1.82) is 0 Å². The summed E-state index contributed by atoms with van der Waals surface area (Å²) in [5.74, 6) is -0.475. The lowest BCUT2D eigenvalue weighted by atomic mass is 9.97. The molecule has 4 rings (SSSR count). The molecule has 4 aromatic rings. The minimum Gasteiger partial charge on any atom is -0.357 e. The van der Waals surface area contributed by atoms with Crippen molar-refractivity contribution in [2.45, 2.75) is 26.9 Å². The van der Waals surface area contributed by atoms with Gasteiger partial charge in [0.2, 0.25) is 5.95 Å². The summed E-state index contributed by atoms with van der Waals surface area (Å²) in [6.07, 6.45) is -2.92. The molecule has 0 atom stereocenters. The van der Waals surface area contributed by atoms with Crippen LogP contribution in [0.4, 0.5) is 30.5 Å². The van der Waals surface area contributed by atoms with Crippen LogP contribution in [0.25, 0.3) is 22.0 Å². The summed E-state index contributed by atoms with van der Waals surface area (Å²) in [5, 5.41) is 8.95. The van der Waals surface area contributed by atoms with Gasteiger partial charge in [-0.05, 0) is 79.9 Å². The second kappa shape index (κ2) is 12.3. The highest BCUT2D eigenvalue weighted by molar-refractivity contribution is 6.08. The van der Waals surface area contributed by atoms with Gasteiger partial charge >= 0.3 is 6.18 Å². The van der Waals surface area contributed by atoms with Gasteiger partial charge in [-0.3, -0.25) is 9.59 Å². The van der Waals surface area contributed by atoms with Crippen molar-refractivity contribution in [3.8, 4) is 11.1 Å². The minimum atomic E-state index is -4.63. The van der Waals surface area contributed by atoms with Crippen LogP contribution in [0.3, 0.4) is 0 Å². The van der Waals surface area contributed by atoms with Gasteiger partial charge in [-0.15, -0.1) is 0 Å². The number of alkyl halides is 3. The number of nitrogens with one attached hydrogen (secondary N) is 4. The number of nitrogens with zero attached hydrogens (tertiary/aromatic N) is 2. The van der Waals surface area contributed by atoms with Gasteiger partial charge in [-0.25, -0.2) is 9.97 Å². The summed E-state index contributed by atoms with van der Waals surface area (Å²) in [6, 6.07) is 13.6. The Morgan fingerprint density at radius 2 is 1.68 bits per heavy atom. The molecular formula is C30H32F3N6O2+. The number of aromatic nitrogens is 2. The van der Waals surface area contributed by atoms with E-state index in [1.165, 1.54) is 0 Å². The lowest BCUT2D eigenvalue weighted by Gasteiger charge is -2.18. The number of hydrogen-bond acceptors (Lipinski definition) is 5. The number of likely N-dealkylation sites (N-methyl/N-ethyl adjacent to an activating group) is 1. The molecule has 0 saturated carbocycles. The average molecular weight is 566 g/mol. The first-order valence-corrected chi connectivity index (χ1v) is 13.2. The molecule has 11 heteroatoms. The first-order chi connectivity index (χ1) is 19.5. The molecule has 0 saturated heterocycles. The van der Waals surface area contributed by atoms with E-state index in [4.69, 9.17) is 0 Å². The zero-order chi connectivity index (χ0) is 29.7. The quantitative estimate of drug-likeness (QED) is 0.234. The van der Waals surface area contributed by atoms with Crippen LogP contribution in [0.15, 0.2) is 60.8 Å². The summed E-state index contributed by atoms with van der Waals surface area (Å²) in [5.41, 5.74) is 2.51. The molecule has 0 fully saturated rings. The van der Waals surface area contributed by atoms with Crippen LogP contribution in [0.1, 0.15) is 35.3 Å². The van der Waals surface area contributed by atoms with Gasteiger partial charge in [0.1, 0.15) is 0 Å². The highest BCUT2D eigenvalue weighted by Crippen LogP contribution is 2.35. The van der Waals surface area contributed by atoms with E-state index in [9.17, 15) is 22.8 Å². The molecule has 1 aromatic heterocycles. The van der Waals surface area contributed by atoms with Crippen LogP contribution in [-0.4, -0.2) is 48.5 Å². The fourth-order valence-electron chi connectivity index (χ4n) is 4.44. The third-order valence-corrected chi connectivity index (χ3v) is 6.89. The fourth-order valence-corrected chi connectivity index (χ4v) is 4.44. The Morgan fingerprint density at radius 3 is 2.37 bits per heavy atom. The summed E-state index contributed by atoms with van der Waals surface area (Å²) < 4.78 is 40.5. The standard InChI is InChI=1S/C30H31F3N6O2/c1-5-39(6-2)17-27(40)36-25-12-10-22(30(31,32)33)15-26(25)37-28(41)20-8-7-18(3)23(14-20)19-9-11-24-21(13-19)16-35-29(34-4)38-24/h7-16H,5-6,17H2,1-4H3,(H,36,40)(H,37,41)(H,34,35,38)/p+1. The maximum absolute atomic E-state index is 13.5. The SMILES string of the molecule is CC[NH+](CC)CC(=O)Nc1ccc(C(F)(F)F)cc1NC(=O)c1ccc(C)c(-c2ccc3nc(NC)ncc3c2)c1. The molecule has 4 N–H and O–H groups in total.